The molecule has 2 aromatic heterocycles. The van der Waals surface area contributed by atoms with Gasteiger partial charge < -0.3 is 10.5 Å². The molecule has 0 radical (unpaired) electrons. The molecule has 2 rings (SSSR count). The SMILES string of the molecule is Cc1cccc(COC(=O)c2cc(N)c(C)s2)n1. The molecule has 0 amide bonds. The van der Waals surface area contributed by atoms with Gasteiger partial charge in [-0.25, -0.2) is 4.79 Å². The lowest BCUT2D eigenvalue weighted by Crippen LogP contribution is -2.04. The minimum Gasteiger partial charge on any atom is -0.455 e. The lowest BCUT2D eigenvalue weighted by atomic mass is 10.3. The second kappa shape index (κ2) is 5.18. The lowest BCUT2D eigenvalue weighted by molar-refractivity contribution is 0.0473. The fourth-order valence-corrected chi connectivity index (χ4v) is 2.32. The van der Waals surface area contributed by atoms with Crippen molar-refractivity contribution in [3.8, 4) is 0 Å². The average Bonchev–Trinajstić information content (AvgIpc) is 2.67. The highest BCUT2D eigenvalue weighted by atomic mass is 32.1. The van der Waals surface area contributed by atoms with Crippen LogP contribution in [0, 0.1) is 13.8 Å². The summed E-state index contributed by atoms with van der Waals surface area (Å²) in [5.74, 6) is -0.358. The van der Waals surface area contributed by atoms with Gasteiger partial charge in [0, 0.05) is 16.3 Å². The third-order valence-electron chi connectivity index (χ3n) is 2.45. The Morgan fingerprint density at radius 2 is 2.22 bits per heavy atom. The average molecular weight is 262 g/mol. The number of rotatable bonds is 3. The summed E-state index contributed by atoms with van der Waals surface area (Å²) < 4.78 is 5.19. The van der Waals surface area contributed by atoms with Crippen molar-refractivity contribution in [3.05, 3.63) is 45.4 Å². The van der Waals surface area contributed by atoms with Gasteiger partial charge in [-0.3, -0.25) is 4.98 Å². The van der Waals surface area contributed by atoms with Crippen molar-refractivity contribution in [2.24, 2.45) is 0 Å². The van der Waals surface area contributed by atoms with Crippen LogP contribution in [0.5, 0.6) is 0 Å². The molecule has 0 unspecified atom stereocenters. The van der Waals surface area contributed by atoms with Crippen molar-refractivity contribution in [2.45, 2.75) is 20.5 Å². The van der Waals surface area contributed by atoms with E-state index in [1.165, 1.54) is 11.3 Å². The number of hydrogen-bond donors (Lipinski definition) is 1. The largest absolute Gasteiger partial charge is 0.455 e. The van der Waals surface area contributed by atoms with Crippen LogP contribution in [0.1, 0.15) is 25.9 Å². The quantitative estimate of drug-likeness (QED) is 0.864. The summed E-state index contributed by atoms with van der Waals surface area (Å²) in [5.41, 5.74) is 7.96. The van der Waals surface area contributed by atoms with Gasteiger partial charge in [-0.1, -0.05) is 6.07 Å². The number of nitrogen functional groups attached to an aromatic ring is 1. The van der Waals surface area contributed by atoms with Gasteiger partial charge in [-0.05, 0) is 32.0 Å². The van der Waals surface area contributed by atoms with Crippen LogP contribution < -0.4 is 5.73 Å². The van der Waals surface area contributed by atoms with E-state index in [-0.39, 0.29) is 12.6 Å². The van der Waals surface area contributed by atoms with Crippen molar-refractivity contribution < 1.29 is 9.53 Å². The van der Waals surface area contributed by atoms with Crippen LogP contribution in [0.3, 0.4) is 0 Å². The second-order valence-corrected chi connectivity index (χ2v) is 5.22. The molecular formula is C13H14N2O2S. The summed E-state index contributed by atoms with van der Waals surface area (Å²) >= 11 is 1.34. The van der Waals surface area contributed by atoms with E-state index in [2.05, 4.69) is 4.98 Å². The molecule has 0 bridgehead atoms. The number of esters is 1. The molecule has 0 saturated heterocycles. The van der Waals surface area contributed by atoms with E-state index < -0.39 is 0 Å². The number of carbonyl (C=O) groups excluding carboxylic acids is 1. The Hall–Kier alpha value is -1.88. The molecule has 18 heavy (non-hydrogen) atoms. The molecule has 2 heterocycles. The highest BCUT2D eigenvalue weighted by Crippen LogP contribution is 2.24. The normalized spacial score (nSPS) is 10.3. The Labute approximate surface area is 109 Å². The number of hydrogen-bond acceptors (Lipinski definition) is 5. The number of nitrogens with two attached hydrogens (primary N) is 1. The minimum atomic E-state index is -0.358. The van der Waals surface area contributed by atoms with Gasteiger partial charge in [-0.15, -0.1) is 11.3 Å². The number of pyridine rings is 1. The first-order chi connectivity index (χ1) is 8.56. The Balaban J connectivity index is 2.00. The van der Waals surface area contributed by atoms with Gasteiger partial charge in [0.05, 0.1) is 5.69 Å². The van der Waals surface area contributed by atoms with Crippen molar-refractivity contribution in [3.63, 3.8) is 0 Å². The van der Waals surface area contributed by atoms with Crippen LogP contribution in [0.4, 0.5) is 5.69 Å². The first-order valence-corrected chi connectivity index (χ1v) is 6.33. The van der Waals surface area contributed by atoms with Crippen LogP contribution in [0.15, 0.2) is 24.3 Å². The Bertz CT molecular complexity index is 559. The first-order valence-electron chi connectivity index (χ1n) is 5.52. The standard InChI is InChI=1S/C13H14N2O2S/c1-8-4-3-5-10(15-8)7-17-13(16)12-6-11(14)9(2)18-12/h3-6H,7,14H2,1-2H3. The molecular weight excluding hydrogens is 248 g/mol. The van der Waals surface area contributed by atoms with E-state index in [0.717, 1.165) is 16.3 Å². The second-order valence-electron chi connectivity index (χ2n) is 3.97. The number of ether oxygens (including phenoxy) is 1. The van der Waals surface area contributed by atoms with Gasteiger partial charge in [0.25, 0.3) is 0 Å². The molecule has 2 N–H and O–H groups in total. The fraction of sp³-hybridized carbons (Fsp3) is 0.231. The number of aromatic nitrogens is 1. The van der Waals surface area contributed by atoms with Crippen LogP contribution in [-0.4, -0.2) is 11.0 Å². The zero-order valence-electron chi connectivity index (χ0n) is 10.3. The molecule has 0 aromatic carbocycles. The van der Waals surface area contributed by atoms with Crippen LogP contribution >= 0.6 is 11.3 Å². The maximum Gasteiger partial charge on any atom is 0.348 e. The summed E-state index contributed by atoms with van der Waals surface area (Å²) in [5, 5.41) is 0. The molecule has 4 nitrogen and oxygen atoms in total. The Kier molecular flexibility index (Phi) is 3.62. The van der Waals surface area contributed by atoms with E-state index in [1.807, 2.05) is 32.0 Å². The molecule has 0 aliphatic rings. The van der Waals surface area contributed by atoms with Crippen molar-refractivity contribution in [1.82, 2.24) is 4.98 Å². The Morgan fingerprint density at radius 3 is 2.83 bits per heavy atom. The van der Waals surface area contributed by atoms with E-state index >= 15 is 0 Å². The van der Waals surface area contributed by atoms with Crippen LogP contribution in [-0.2, 0) is 11.3 Å². The van der Waals surface area contributed by atoms with Gasteiger partial charge in [0.15, 0.2) is 0 Å². The lowest BCUT2D eigenvalue weighted by Gasteiger charge is -2.03. The first kappa shape index (κ1) is 12.6. The predicted molar refractivity (Wildman–Crippen MR) is 71.6 cm³/mol. The van der Waals surface area contributed by atoms with Crippen LogP contribution in [0.25, 0.3) is 0 Å². The zero-order valence-corrected chi connectivity index (χ0v) is 11.1. The van der Waals surface area contributed by atoms with E-state index in [9.17, 15) is 4.79 Å². The molecule has 0 spiro atoms. The molecule has 0 saturated carbocycles. The third-order valence-corrected chi connectivity index (χ3v) is 3.50. The maximum atomic E-state index is 11.8. The number of aryl methyl sites for hydroxylation is 2. The van der Waals surface area contributed by atoms with E-state index in [1.54, 1.807) is 6.07 Å². The van der Waals surface area contributed by atoms with E-state index in [4.69, 9.17) is 10.5 Å². The molecule has 5 heteroatoms. The molecule has 0 aliphatic heterocycles. The zero-order chi connectivity index (χ0) is 13.1. The van der Waals surface area contributed by atoms with Gasteiger partial charge in [0.2, 0.25) is 0 Å². The van der Waals surface area contributed by atoms with Crippen molar-refractivity contribution in [2.75, 3.05) is 5.73 Å². The van der Waals surface area contributed by atoms with E-state index in [0.29, 0.717) is 10.6 Å². The predicted octanol–water partition coefficient (Wildman–Crippen LogP) is 2.70. The number of thiophene rings is 1. The monoisotopic (exact) mass is 262 g/mol. The number of carbonyl (C=O) groups is 1. The number of anilines is 1. The number of nitrogens with zero attached hydrogens (tertiary/aromatic N) is 1. The molecule has 0 aliphatic carbocycles. The Morgan fingerprint density at radius 1 is 1.44 bits per heavy atom. The molecule has 0 fully saturated rings. The third kappa shape index (κ3) is 2.87. The summed E-state index contributed by atoms with van der Waals surface area (Å²) in [6, 6.07) is 7.26. The fourth-order valence-electron chi connectivity index (χ4n) is 1.49. The topological polar surface area (TPSA) is 65.2 Å². The molecule has 0 atom stereocenters. The smallest absolute Gasteiger partial charge is 0.348 e. The van der Waals surface area contributed by atoms with Crippen molar-refractivity contribution in [1.29, 1.82) is 0 Å². The summed E-state index contributed by atoms with van der Waals surface area (Å²) in [7, 11) is 0. The highest BCUT2D eigenvalue weighted by molar-refractivity contribution is 7.14. The molecule has 94 valence electrons. The van der Waals surface area contributed by atoms with Crippen molar-refractivity contribution >= 4 is 23.0 Å². The highest BCUT2D eigenvalue weighted by Gasteiger charge is 2.12. The maximum absolute atomic E-state index is 11.8. The summed E-state index contributed by atoms with van der Waals surface area (Å²) in [4.78, 5) is 17.5. The van der Waals surface area contributed by atoms with Gasteiger partial charge in [-0.2, -0.15) is 0 Å². The summed E-state index contributed by atoms with van der Waals surface area (Å²) in [6.45, 7) is 3.95. The van der Waals surface area contributed by atoms with Gasteiger partial charge in [0.1, 0.15) is 11.5 Å². The van der Waals surface area contributed by atoms with Gasteiger partial charge >= 0.3 is 5.97 Å². The van der Waals surface area contributed by atoms with Crippen LogP contribution in [0.2, 0.25) is 0 Å². The summed E-state index contributed by atoms with van der Waals surface area (Å²) in [6.07, 6.45) is 0. The molecule has 2 aromatic rings. The minimum absolute atomic E-state index is 0.178.